The van der Waals surface area contributed by atoms with Crippen LogP contribution in [-0.4, -0.2) is 34.6 Å². The Morgan fingerprint density at radius 1 is 1.30 bits per heavy atom. The van der Waals surface area contributed by atoms with Crippen molar-refractivity contribution >= 4 is 43.5 Å². The molecule has 2 bridgehead atoms. The van der Waals surface area contributed by atoms with Crippen LogP contribution < -0.4 is 0 Å². The molecule has 2 aliphatic rings. The highest BCUT2D eigenvalue weighted by Gasteiger charge is 2.38. The van der Waals surface area contributed by atoms with Crippen LogP contribution in [0.2, 0.25) is 0 Å². The van der Waals surface area contributed by atoms with E-state index in [1.54, 1.807) is 4.99 Å². The molecule has 2 rings (SSSR count). The van der Waals surface area contributed by atoms with E-state index >= 15 is 0 Å². The maximum atomic E-state index is 6.44. The fourth-order valence-corrected chi connectivity index (χ4v) is 3.63. The summed E-state index contributed by atoms with van der Waals surface area (Å²) in [6.45, 7) is 2.05. The van der Waals surface area contributed by atoms with E-state index in [1.165, 1.54) is 0 Å². The molecule has 20 heavy (non-hydrogen) atoms. The number of allylic oxidation sites excluding steroid dienone is 1. The average Bonchev–Trinajstić information content (AvgIpc) is 2.75. The molecular weight excluding hydrogens is 407 g/mol. The van der Waals surface area contributed by atoms with Gasteiger partial charge in [0.05, 0.1) is 29.8 Å². The number of halogens is 3. The summed E-state index contributed by atoms with van der Waals surface area (Å²) in [4.78, 5) is 2.01. The fraction of sp³-hybridized carbons (Fsp3) is 0.667. The Hall–Kier alpha value is 0.430. The first kappa shape index (κ1) is 16.8. The molecule has 0 unspecified atom stereocenters. The highest BCUT2D eigenvalue weighted by Crippen LogP contribution is 2.34. The highest BCUT2D eigenvalue weighted by molar-refractivity contribution is 9.11. The van der Waals surface area contributed by atoms with Crippen molar-refractivity contribution in [3.8, 4) is 0 Å². The van der Waals surface area contributed by atoms with Crippen molar-refractivity contribution in [1.82, 2.24) is 0 Å². The lowest BCUT2D eigenvalue weighted by Crippen LogP contribution is -2.27. The van der Waals surface area contributed by atoms with Crippen molar-refractivity contribution in [2.45, 2.75) is 60.8 Å². The predicted octanol–water partition coefficient (Wildman–Crippen LogP) is 4.70. The first-order valence-electron chi connectivity index (χ1n) is 6.87. The van der Waals surface area contributed by atoms with Gasteiger partial charge in [-0.05, 0) is 25.8 Å². The van der Waals surface area contributed by atoms with E-state index in [4.69, 9.17) is 21.1 Å². The summed E-state index contributed by atoms with van der Waals surface area (Å²) in [7, 11) is 0. The molecule has 112 valence electrons. The Morgan fingerprint density at radius 2 is 2.10 bits per heavy atom. The molecule has 1 saturated heterocycles. The lowest BCUT2D eigenvalue weighted by Gasteiger charge is -2.22. The fourth-order valence-electron chi connectivity index (χ4n) is 2.58. The van der Waals surface area contributed by atoms with Crippen LogP contribution in [-0.2, 0) is 9.47 Å². The van der Waals surface area contributed by atoms with E-state index in [0.717, 1.165) is 19.3 Å². The van der Waals surface area contributed by atoms with Crippen molar-refractivity contribution in [3.63, 3.8) is 0 Å². The second-order valence-corrected chi connectivity index (χ2v) is 7.40. The maximum Gasteiger partial charge on any atom is 0.0862 e. The maximum absolute atomic E-state index is 6.44. The van der Waals surface area contributed by atoms with Crippen LogP contribution in [0.3, 0.4) is 0 Å². The second-order valence-electron chi connectivity index (χ2n) is 5.20. The number of ether oxygens (including phenoxy) is 2. The number of hydrogen-bond donors (Lipinski definition) is 0. The molecule has 0 amide bonds. The van der Waals surface area contributed by atoms with E-state index in [0.29, 0.717) is 4.83 Å². The molecule has 6 atom stereocenters. The van der Waals surface area contributed by atoms with Crippen LogP contribution >= 0.6 is 43.5 Å². The third-order valence-corrected chi connectivity index (χ3v) is 5.27. The molecule has 0 spiro atoms. The number of rotatable bonds is 1. The van der Waals surface area contributed by atoms with Crippen LogP contribution in [0.4, 0.5) is 0 Å². The molecule has 0 N–H and O–H groups in total. The molecule has 2 aliphatic heterocycles. The van der Waals surface area contributed by atoms with Gasteiger partial charge in [0, 0.05) is 16.2 Å². The van der Waals surface area contributed by atoms with Gasteiger partial charge in [-0.3, -0.25) is 0 Å². The molecule has 0 aromatic heterocycles. The van der Waals surface area contributed by atoms with Gasteiger partial charge in [-0.25, -0.2) is 0 Å². The molecule has 0 aromatic carbocycles. The minimum Gasteiger partial charge on any atom is -0.372 e. The first-order valence-corrected chi connectivity index (χ1v) is 9.14. The van der Waals surface area contributed by atoms with Gasteiger partial charge in [0.25, 0.3) is 0 Å². The van der Waals surface area contributed by atoms with Gasteiger partial charge in [-0.2, -0.15) is 0 Å². The lowest BCUT2D eigenvalue weighted by molar-refractivity contribution is -0.00956. The SMILES string of the molecule is C[C@H]1/C=C/C[C@H](Br)[C@H]2C[C@@H](Cl)[C@@H](C[C@@H](C=C=CBr)O1)O2. The van der Waals surface area contributed by atoms with Crippen molar-refractivity contribution in [2.75, 3.05) is 0 Å². The lowest BCUT2D eigenvalue weighted by atomic mass is 10.0. The van der Waals surface area contributed by atoms with E-state index in [9.17, 15) is 0 Å². The Labute approximate surface area is 142 Å². The molecule has 2 heterocycles. The largest absolute Gasteiger partial charge is 0.372 e. The molecule has 0 aliphatic carbocycles. The van der Waals surface area contributed by atoms with Gasteiger partial charge >= 0.3 is 0 Å². The van der Waals surface area contributed by atoms with E-state index in [1.807, 2.05) is 13.0 Å². The molecule has 0 aromatic rings. The van der Waals surface area contributed by atoms with Crippen molar-refractivity contribution in [3.05, 3.63) is 28.9 Å². The van der Waals surface area contributed by atoms with Gasteiger partial charge in [0.15, 0.2) is 0 Å². The highest BCUT2D eigenvalue weighted by atomic mass is 79.9. The summed E-state index contributed by atoms with van der Waals surface area (Å²) < 4.78 is 12.1. The van der Waals surface area contributed by atoms with Gasteiger partial charge in [-0.15, -0.1) is 17.3 Å². The molecule has 0 radical (unpaired) electrons. The van der Waals surface area contributed by atoms with Crippen molar-refractivity contribution in [2.24, 2.45) is 0 Å². The number of hydrogen-bond acceptors (Lipinski definition) is 2. The summed E-state index contributed by atoms with van der Waals surface area (Å²) >= 11 is 13.4. The van der Waals surface area contributed by atoms with Crippen LogP contribution in [0, 0.1) is 0 Å². The van der Waals surface area contributed by atoms with E-state index in [-0.39, 0.29) is 29.8 Å². The molecule has 0 saturated carbocycles. The van der Waals surface area contributed by atoms with Gasteiger partial charge in [0.1, 0.15) is 0 Å². The second kappa shape index (κ2) is 8.17. The predicted molar refractivity (Wildman–Crippen MR) is 89.9 cm³/mol. The molecule has 2 nitrogen and oxygen atoms in total. The van der Waals surface area contributed by atoms with Crippen LogP contribution in [0.15, 0.2) is 28.9 Å². The summed E-state index contributed by atoms with van der Waals surface area (Å²) in [5.74, 6) is 0. The third kappa shape index (κ3) is 4.72. The minimum atomic E-state index is -0.0414. The zero-order valence-electron chi connectivity index (χ0n) is 11.3. The van der Waals surface area contributed by atoms with Crippen molar-refractivity contribution < 1.29 is 9.47 Å². The standard InChI is InChI=1S/C15H19Br2ClO2/c1-10-4-2-6-12(17)14-9-13(18)15(20-14)8-11(19-10)5-3-7-16/h2,4-5,7,10-15H,6,8-9H2,1H3/b4-2+/t3?,10-,11+,12-,13+,14+,15+/m0/s1. The van der Waals surface area contributed by atoms with Gasteiger partial charge in [0.2, 0.25) is 0 Å². The summed E-state index contributed by atoms with van der Waals surface area (Å²) in [6, 6.07) is 0. The van der Waals surface area contributed by atoms with E-state index in [2.05, 4.69) is 49.7 Å². The smallest absolute Gasteiger partial charge is 0.0862 e. The van der Waals surface area contributed by atoms with Crippen molar-refractivity contribution in [1.29, 1.82) is 0 Å². The minimum absolute atomic E-state index is 0.0328. The van der Waals surface area contributed by atoms with Gasteiger partial charge < -0.3 is 9.47 Å². The summed E-state index contributed by atoms with van der Waals surface area (Å²) in [5, 5.41) is 0.0474. The zero-order valence-corrected chi connectivity index (χ0v) is 15.3. The molecule has 5 heteroatoms. The monoisotopic (exact) mass is 424 g/mol. The van der Waals surface area contributed by atoms with Crippen LogP contribution in [0.1, 0.15) is 26.2 Å². The normalized spacial score (nSPS) is 43.2. The Morgan fingerprint density at radius 3 is 2.85 bits per heavy atom. The Bertz CT molecular complexity index is 407. The third-order valence-electron chi connectivity index (χ3n) is 3.58. The van der Waals surface area contributed by atoms with Crippen LogP contribution in [0.5, 0.6) is 0 Å². The Kier molecular flexibility index (Phi) is 6.86. The first-order chi connectivity index (χ1) is 9.60. The quantitative estimate of drug-likeness (QED) is 0.344. The number of alkyl halides is 2. The zero-order chi connectivity index (χ0) is 14.5. The van der Waals surface area contributed by atoms with Gasteiger partial charge in [-0.1, -0.05) is 44.0 Å². The van der Waals surface area contributed by atoms with E-state index < -0.39 is 0 Å². The molecular formula is C15H19Br2ClO2. The van der Waals surface area contributed by atoms with Crippen LogP contribution in [0.25, 0.3) is 0 Å². The summed E-state index contributed by atoms with van der Waals surface area (Å²) in [6.07, 6.45) is 8.98. The molecule has 1 fully saturated rings. The topological polar surface area (TPSA) is 18.5 Å². The Balaban J connectivity index is 2.16. The average molecular weight is 427 g/mol. The number of fused-ring (bicyclic) bond motifs is 2. The summed E-state index contributed by atoms with van der Waals surface area (Å²) in [5.41, 5.74) is 3.03.